The summed E-state index contributed by atoms with van der Waals surface area (Å²) >= 11 is 0. The highest BCUT2D eigenvalue weighted by Crippen LogP contribution is 2.33. The van der Waals surface area contributed by atoms with Crippen LogP contribution in [0.5, 0.6) is 11.5 Å². The lowest BCUT2D eigenvalue weighted by Crippen LogP contribution is -2.60. The zero-order valence-corrected chi connectivity index (χ0v) is 14.0. The highest BCUT2D eigenvalue weighted by molar-refractivity contribution is 5.80. The van der Waals surface area contributed by atoms with Gasteiger partial charge in [-0.05, 0) is 12.1 Å². The number of rotatable bonds is 3. The average molecular weight is 367 g/mol. The second-order valence-electron chi connectivity index (χ2n) is 5.43. The second-order valence-corrected chi connectivity index (χ2v) is 5.43. The van der Waals surface area contributed by atoms with E-state index in [0.29, 0.717) is 5.39 Å². The molecule has 0 unspecified atom stereocenters. The first-order chi connectivity index (χ1) is 11.4. The summed E-state index contributed by atoms with van der Waals surface area (Å²) < 4.78 is 15.5. The number of hydrogen-bond donors (Lipinski definition) is 5. The number of phenolic OH excluding ortho intramolecular Hbond substituents is 1. The number of ether oxygens (including phenoxy) is 2. The molecular formula is C15H16AlO9. The molecule has 1 aliphatic rings. The summed E-state index contributed by atoms with van der Waals surface area (Å²) in [6.07, 6.45) is -7.27. The third-order valence-corrected chi connectivity index (χ3v) is 3.79. The summed E-state index contributed by atoms with van der Waals surface area (Å²) in [5.41, 5.74) is -0.439. The summed E-state index contributed by atoms with van der Waals surface area (Å²) in [7, 11) is 0. The summed E-state index contributed by atoms with van der Waals surface area (Å²) in [6, 6.07) is 5.17. The van der Waals surface area contributed by atoms with Gasteiger partial charge in [-0.2, -0.15) is 0 Å². The van der Waals surface area contributed by atoms with E-state index in [1.165, 1.54) is 18.2 Å². The first-order valence-corrected chi connectivity index (χ1v) is 7.15. The van der Waals surface area contributed by atoms with Gasteiger partial charge in [0.25, 0.3) is 0 Å². The fourth-order valence-electron chi connectivity index (χ4n) is 2.47. The van der Waals surface area contributed by atoms with Crippen molar-refractivity contribution in [1.82, 2.24) is 0 Å². The Morgan fingerprint density at radius 2 is 1.80 bits per heavy atom. The van der Waals surface area contributed by atoms with Crippen LogP contribution in [0.25, 0.3) is 11.0 Å². The molecule has 3 rings (SSSR count). The van der Waals surface area contributed by atoms with E-state index in [1.807, 2.05) is 0 Å². The number of hydrogen-bond acceptors (Lipinski definition) is 9. The third-order valence-electron chi connectivity index (χ3n) is 3.79. The molecule has 0 amide bonds. The van der Waals surface area contributed by atoms with Crippen molar-refractivity contribution in [3.05, 3.63) is 34.7 Å². The second kappa shape index (κ2) is 7.72. The van der Waals surface area contributed by atoms with Crippen LogP contribution in [0.15, 0.2) is 33.5 Å². The number of aromatic hydroxyl groups is 1. The molecule has 1 aromatic carbocycles. The lowest BCUT2D eigenvalue weighted by atomic mass is 9.99. The molecule has 5 N–H and O–H groups in total. The van der Waals surface area contributed by atoms with Gasteiger partial charge < -0.3 is 39.4 Å². The number of phenols is 1. The summed E-state index contributed by atoms with van der Waals surface area (Å²) in [5.74, 6) is -0.477. The fourth-order valence-corrected chi connectivity index (χ4v) is 2.47. The smallest absolute Gasteiger partial charge is 0.336 e. The SMILES string of the molecule is O=c1ccc2cc(O[C@@H]3O[C@H](CO)[C@@H](O)[C@H](O)[C@H]3O)c(O)cc2o1.[Al]. The third kappa shape index (κ3) is 3.81. The van der Waals surface area contributed by atoms with E-state index in [0.717, 1.165) is 6.07 Å². The van der Waals surface area contributed by atoms with Crippen LogP contribution in [0.3, 0.4) is 0 Å². The van der Waals surface area contributed by atoms with Crippen LogP contribution >= 0.6 is 0 Å². The van der Waals surface area contributed by atoms with Gasteiger partial charge in [-0.15, -0.1) is 0 Å². The lowest BCUT2D eigenvalue weighted by Gasteiger charge is -2.39. The maximum Gasteiger partial charge on any atom is 0.336 e. The quantitative estimate of drug-likeness (QED) is 0.316. The zero-order valence-electron chi connectivity index (χ0n) is 12.8. The van der Waals surface area contributed by atoms with Gasteiger partial charge in [-0.3, -0.25) is 0 Å². The first kappa shape index (κ1) is 19.7. The molecule has 0 bridgehead atoms. The van der Waals surface area contributed by atoms with Crippen molar-refractivity contribution < 1.29 is 39.4 Å². The van der Waals surface area contributed by atoms with E-state index in [1.54, 1.807) is 0 Å². The molecule has 1 aromatic heterocycles. The van der Waals surface area contributed by atoms with Gasteiger partial charge >= 0.3 is 5.63 Å². The van der Waals surface area contributed by atoms with Gasteiger partial charge in [0.15, 0.2) is 11.5 Å². The maximum absolute atomic E-state index is 11.2. The normalized spacial score (nSPS) is 29.2. The Morgan fingerprint density at radius 1 is 1.08 bits per heavy atom. The highest BCUT2D eigenvalue weighted by Gasteiger charge is 2.44. The average Bonchev–Trinajstić information content (AvgIpc) is 2.56. The van der Waals surface area contributed by atoms with E-state index < -0.39 is 42.9 Å². The van der Waals surface area contributed by atoms with E-state index in [-0.39, 0.29) is 34.4 Å². The van der Waals surface area contributed by atoms with E-state index in [9.17, 15) is 25.2 Å². The Kier molecular flexibility index (Phi) is 6.08. The van der Waals surface area contributed by atoms with Crippen LogP contribution in [0, 0.1) is 0 Å². The minimum absolute atomic E-state index is 0. The van der Waals surface area contributed by atoms with Gasteiger partial charge in [0, 0.05) is 34.9 Å². The summed E-state index contributed by atoms with van der Waals surface area (Å²) in [6.45, 7) is -0.598. The van der Waals surface area contributed by atoms with Crippen LogP contribution in [0.4, 0.5) is 0 Å². The Hall–Kier alpha value is -1.64. The fraction of sp³-hybridized carbons (Fsp3) is 0.400. The number of aliphatic hydroxyl groups is 4. The van der Waals surface area contributed by atoms with Gasteiger partial charge in [0.2, 0.25) is 6.29 Å². The van der Waals surface area contributed by atoms with Crippen molar-refractivity contribution in [2.24, 2.45) is 0 Å². The molecular weight excluding hydrogens is 351 g/mol. The minimum Gasteiger partial charge on any atom is -0.504 e. The van der Waals surface area contributed by atoms with Crippen molar-refractivity contribution in [3.8, 4) is 11.5 Å². The summed E-state index contributed by atoms with van der Waals surface area (Å²) in [4.78, 5) is 11.2. The molecule has 3 radical (unpaired) electrons. The molecule has 10 heteroatoms. The molecule has 25 heavy (non-hydrogen) atoms. The number of benzene rings is 1. The molecule has 1 saturated heterocycles. The predicted octanol–water partition coefficient (Wildman–Crippen LogP) is -1.70. The Morgan fingerprint density at radius 3 is 2.48 bits per heavy atom. The Bertz CT molecular complexity index is 790. The van der Waals surface area contributed by atoms with Crippen molar-refractivity contribution in [2.75, 3.05) is 6.61 Å². The van der Waals surface area contributed by atoms with Crippen molar-refractivity contribution in [1.29, 1.82) is 0 Å². The van der Waals surface area contributed by atoms with E-state index >= 15 is 0 Å². The van der Waals surface area contributed by atoms with E-state index in [4.69, 9.17) is 19.0 Å². The minimum atomic E-state index is -1.60. The van der Waals surface area contributed by atoms with Crippen LogP contribution in [0.1, 0.15) is 0 Å². The van der Waals surface area contributed by atoms with Gasteiger partial charge in [0.05, 0.1) is 6.61 Å². The number of fused-ring (bicyclic) bond motifs is 1. The van der Waals surface area contributed by atoms with Gasteiger partial charge in [-0.1, -0.05) is 0 Å². The predicted molar refractivity (Wildman–Crippen MR) is 84.3 cm³/mol. The summed E-state index contributed by atoms with van der Waals surface area (Å²) in [5, 5.41) is 49.0. The topological polar surface area (TPSA) is 150 Å². The largest absolute Gasteiger partial charge is 0.504 e. The molecule has 1 aliphatic heterocycles. The molecule has 0 aliphatic carbocycles. The molecule has 1 fully saturated rings. The standard InChI is InChI=1S/C15H16O9.Al/c16-5-10-12(19)13(20)14(21)15(24-10)23-9-3-6-1-2-11(18)22-8(6)4-7(9)17;/h1-4,10,12-17,19-21H,5H2;/t10-,12-,13+,14-,15-;/m1./s1. The van der Waals surface area contributed by atoms with Crippen molar-refractivity contribution in [3.63, 3.8) is 0 Å². The van der Waals surface area contributed by atoms with Crippen LogP contribution in [-0.4, -0.2) is 80.2 Å². The van der Waals surface area contributed by atoms with Gasteiger partial charge in [0.1, 0.15) is 30.0 Å². The molecule has 0 spiro atoms. The maximum atomic E-state index is 11.2. The van der Waals surface area contributed by atoms with Gasteiger partial charge in [-0.25, -0.2) is 4.79 Å². The first-order valence-electron chi connectivity index (χ1n) is 7.15. The molecule has 2 aromatic rings. The van der Waals surface area contributed by atoms with Crippen LogP contribution in [-0.2, 0) is 4.74 Å². The Labute approximate surface area is 151 Å². The molecule has 0 saturated carbocycles. The van der Waals surface area contributed by atoms with Crippen LogP contribution in [0.2, 0.25) is 0 Å². The van der Waals surface area contributed by atoms with Crippen LogP contribution < -0.4 is 10.4 Å². The van der Waals surface area contributed by atoms with Crippen molar-refractivity contribution in [2.45, 2.75) is 30.7 Å². The lowest BCUT2D eigenvalue weighted by molar-refractivity contribution is -0.277. The zero-order chi connectivity index (χ0) is 17.4. The van der Waals surface area contributed by atoms with E-state index in [2.05, 4.69) is 0 Å². The number of aliphatic hydroxyl groups excluding tert-OH is 4. The molecule has 2 heterocycles. The molecule has 9 nitrogen and oxygen atoms in total. The monoisotopic (exact) mass is 367 g/mol. The highest BCUT2D eigenvalue weighted by atomic mass is 27.0. The molecule has 133 valence electrons. The van der Waals surface area contributed by atoms with Crippen molar-refractivity contribution >= 4 is 28.3 Å². The molecule has 5 atom stereocenters. The Balaban J connectivity index is 0.00000225.